The summed E-state index contributed by atoms with van der Waals surface area (Å²) in [5.74, 6) is 0.860. The third kappa shape index (κ3) is 3.30. The molecule has 2 unspecified atom stereocenters. The molecule has 8 heteroatoms. The maximum absolute atomic E-state index is 13.1. The molecule has 7 nitrogen and oxygen atoms in total. The lowest BCUT2D eigenvalue weighted by atomic mass is 9.97. The second-order valence-electron chi connectivity index (χ2n) is 8.19. The summed E-state index contributed by atoms with van der Waals surface area (Å²) in [5.41, 5.74) is 3.76. The van der Waals surface area contributed by atoms with Crippen LogP contribution in [0.2, 0.25) is 0 Å². The minimum atomic E-state index is -1.19. The Morgan fingerprint density at radius 1 is 1.18 bits per heavy atom. The minimum absolute atomic E-state index is 0.0413. The molecule has 1 saturated heterocycles. The molecule has 3 aromatic carbocycles. The molecule has 0 aliphatic carbocycles. The summed E-state index contributed by atoms with van der Waals surface area (Å²) in [6.45, 7) is 0. The van der Waals surface area contributed by atoms with Gasteiger partial charge in [-0.1, -0.05) is 54.6 Å². The number of nitrogens with one attached hydrogen (secondary N) is 1. The molecule has 3 aromatic rings. The summed E-state index contributed by atoms with van der Waals surface area (Å²) in [7, 11) is 1.49. The van der Waals surface area contributed by atoms with E-state index in [-0.39, 0.29) is 17.7 Å². The maximum atomic E-state index is 13.1. The van der Waals surface area contributed by atoms with Gasteiger partial charge in [0.05, 0.1) is 23.8 Å². The fourth-order valence-electron chi connectivity index (χ4n) is 4.48. The van der Waals surface area contributed by atoms with E-state index in [1.54, 1.807) is 24.3 Å². The lowest BCUT2D eigenvalue weighted by molar-refractivity contribution is -0.127. The number of nitrogens with zero attached hydrogens (tertiary/aromatic N) is 2. The van der Waals surface area contributed by atoms with E-state index < -0.39 is 5.18 Å². The number of ether oxygens (including phenoxy) is 2. The van der Waals surface area contributed by atoms with Crippen LogP contribution < -0.4 is 14.8 Å². The monoisotopic (exact) mass is 471 g/mol. The Hall–Kier alpha value is -3.91. The fourth-order valence-corrected chi connectivity index (χ4v) is 5.65. The summed E-state index contributed by atoms with van der Waals surface area (Å²) < 4.78 is 11.6. The van der Waals surface area contributed by atoms with Crippen molar-refractivity contribution in [2.24, 2.45) is 5.10 Å². The molecule has 1 fully saturated rings. The molecular weight excluding hydrogens is 450 g/mol. The van der Waals surface area contributed by atoms with Gasteiger partial charge < -0.3 is 14.6 Å². The van der Waals surface area contributed by atoms with Crippen LogP contribution in [0.1, 0.15) is 29.2 Å². The molecular formula is C26H21N3O4S. The second kappa shape index (κ2) is 7.85. The molecule has 3 aliphatic heterocycles. The number of aromatic hydroxyl groups is 1. The summed E-state index contributed by atoms with van der Waals surface area (Å²) in [5, 5.41) is 18.5. The number of carbonyl (C=O) groups excluding carboxylic acids is 1. The number of phenolic OH excluding ortho intramolecular Hbond substituents is 1. The second-order valence-corrected chi connectivity index (χ2v) is 9.39. The van der Waals surface area contributed by atoms with Gasteiger partial charge in [0, 0.05) is 12.0 Å². The smallest absolute Gasteiger partial charge is 0.336 e. The van der Waals surface area contributed by atoms with Gasteiger partial charge in [-0.15, -0.1) is 0 Å². The zero-order valence-corrected chi connectivity index (χ0v) is 19.1. The third-order valence-corrected chi connectivity index (χ3v) is 7.26. The molecule has 3 aliphatic rings. The van der Waals surface area contributed by atoms with Crippen LogP contribution in [0.15, 0.2) is 82.8 Å². The Bertz CT molecular complexity index is 1360. The largest absolute Gasteiger partial charge is 0.504 e. The van der Waals surface area contributed by atoms with Crippen molar-refractivity contribution < 1.29 is 19.4 Å². The van der Waals surface area contributed by atoms with Gasteiger partial charge in [0.1, 0.15) is 5.75 Å². The Balaban J connectivity index is 1.41. The number of carbonyl (C=O) groups is 1. The van der Waals surface area contributed by atoms with E-state index >= 15 is 0 Å². The van der Waals surface area contributed by atoms with E-state index in [0.29, 0.717) is 17.1 Å². The number of hydrazone groups is 1. The molecule has 2 atom stereocenters. The van der Waals surface area contributed by atoms with Gasteiger partial charge in [0.25, 0.3) is 5.91 Å². The van der Waals surface area contributed by atoms with Gasteiger partial charge in [0.15, 0.2) is 11.5 Å². The zero-order valence-electron chi connectivity index (χ0n) is 18.3. The first-order valence-corrected chi connectivity index (χ1v) is 11.7. The molecule has 34 heavy (non-hydrogen) atoms. The van der Waals surface area contributed by atoms with Crippen LogP contribution in [0, 0.1) is 0 Å². The van der Waals surface area contributed by atoms with Crippen molar-refractivity contribution in [3.63, 3.8) is 0 Å². The number of hydrogen-bond acceptors (Lipinski definition) is 7. The van der Waals surface area contributed by atoms with Gasteiger partial charge in [-0.25, -0.2) is 5.01 Å². The first kappa shape index (κ1) is 20.7. The average Bonchev–Trinajstić information content (AvgIpc) is 3.44. The number of amides is 1. The number of fused-ring (bicyclic) bond motifs is 4. The highest BCUT2D eigenvalue weighted by atomic mass is 32.2. The van der Waals surface area contributed by atoms with Gasteiger partial charge in [-0.05, 0) is 47.2 Å². The predicted molar refractivity (Wildman–Crippen MR) is 130 cm³/mol. The van der Waals surface area contributed by atoms with Gasteiger partial charge in [-0.3, -0.25) is 10.1 Å². The molecule has 0 aromatic heterocycles. The number of rotatable bonds is 3. The van der Waals surface area contributed by atoms with Crippen LogP contribution in [-0.2, 0) is 4.79 Å². The summed E-state index contributed by atoms with van der Waals surface area (Å²) >= 11 is 1.29. The molecule has 6 rings (SSSR count). The molecule has 170 valence electrons. The summed E-state index contributed by atoms with van der Waals surface area (Å²) in [6, 6.07) is 22.8. The van der Waals surface area contributed by atoms with Gasteiger partial charge in [0.2, 0.25) is 0 Å². The first-order chi connectivity index (χ1) is 16.6. The standard InChI is InChI=1S/C26H21N3O4S/c1-32-23-13-16(11-12-21(23)30)14-24-25(31)27-26(34-24)29-20(18-9-5-6-10-22(18)33-26)15-19(28-29)17-7-3-2-4-8-17/h2-14,20,30H,15H2,1H3,(H,27,31)/b24-14-. The van der Waals surface area contributed by atoms with Crippen LogP contribution in [0.25, 0.3) is 6.08 Å². The highest BCUT2D eigenvalue weighted by molar-refractivity contribution is 8.05. The van der Waals surface area contributed by atoms with E-state index in [1.165, 1.54) is 18.9 Å². The van der Waals surface area contributed by atoms with Crippen LogP contribution in [0.4, 0.5) is 0 Å². The predicted octanol–water partition coefficient (Wildman–Crippen LogP) is 4.46. The third-order valence-electron chi connectivity index (χ3n) is 6.09. The number of para-hydroxylation sites is 1. The van der Waals surface area contributed by atoms with E-state index in [9.17, 15) is 9.90 Å². The number of methoxy groups -OCH3 is 1. The molecule has 1 spiro atoms. The van der Waals surface area contributed by atoms with Gasteiger partial charge >= 0.3 is 5.18 Å². The number of thioether (sulfide) groups is 1. The molecule has 0 saturated carbocycles. The maximum Gasteiger partial charge on any atom is 0.336 e. The normalized spacial score (nSPS) is 23.9. The lowest BCUT2D eigenvalue weighted by Crippen LogP contribution is -2.58. The zero-order chi connectivity index (χ0) is 23.3. The van der Waals surface area contributed by atoms with Crippen LogP contribution in [0.3, 0.4) is 0 Å². The van der Waals surface area contributed by atoms with Crippen molar-refractivity contribution in [2.75, 3.05) is 7.11 Å². The van der Waals surface area contributed by atoms with Crippen LogP contribution in [-0.4, -0.2) is 34.0 Å². The molecule has 2 N–H and O–H groups in total. The quantitative estimate of drug-likeness (QED) is 0.549. The van der Waals surface area contributed by atoms with E-state index in [2.05, 4.69) is 5.32 Å². The topological polar surface area (TPSA) is 83.4 Å². The van der Waals surface area contributed by atoms with Crippen LogP contribution >= 0.6 is 11.8 Å². The molecule has 0 radical (unpaired) electrons. The highest BCUT2D eigenvalue weighted by Gasteiger charge is 2.57. The Morgan fingerprint density at radius 2 is 1.97 bits per heavy atom. The molecule has 3 heterocycles. The number of hydrogen-bond donors (Lipinski definition) is 2. The lowest BCUT2D eigenvalue weighted by Gasteiger charge is -2.43. The summed E-state index contributed by atoms with van der Waals surface area (Å²) in [6.07, 6.45) is 2.46. The Morgan fingerprint density at radius 3 is 2.79 bits per heavy atom. The molecule has 1 amide bonds. The van der Waals surface area contributed by atoms with Crippen molar-refractivity contribution in [3.05, 3.63) is 94.4 Å². The van der Waals surface area contributed by atoms with Crippen molar-refractivity contribution in [1.29, 1.82) is 0 Å². The van der Waals surface area contributed by atoms with Crippen molar-refractivity contribution in [1.82, 2.24) is 10.3 Å². The van der Waals surface area contributed by atoms with Crippen LogP contribution in [0.5, 0.6) is 17.2 Å². The summed E-state index contributed by atoms with van der Waals surface area (Å²) in [4.78, 5) is 13.6. The van der Waals surface area contributed by atoms with Crippen molar-refractivity contribution in [3.8, 4) is 17.2 Å². The fraction of sp³-hybridized carbons (Fsp3) is 0.154. The van der Waals surface area contributed by atoms with E-state index in [0.717, 1.165) is 28.2 Å². The minimum Gasteiger partial charge on any atom is -0.504 e. The number of phenols is 1. The van der Waals surface area contributed by atoms with Gasteiger partial charge in [-0.2, -0.15) is 5.10 Å². The first-order valence-electron chi connectivity index (χ1n) is 10.9. The SMILES string of the molecule is COc1cc(/C=C2\SC3(NC2=O)Oc2ccccc2C2CC(c4ccccc4)=NN23)ccc1O. The average molecular weight is 472 g/mol. The van der Waals surface area contributed by atoms with Crippen molar-refractivity contribution >= 4 is 29.5 Å². The number of benzene rings is 3. The Kier molecular flexibility index (Phi) is 4.77. The Labute approximate surface area is 200 Å². The van der Waals surface area contributed by atoms with E-state index in [4.69, 9.17) is 14.6 Å². The van der Waals surface area contributed by atoms with Crippen molar-refractivity contribution in [2.45, 2.75) is 17.6 Å². The molecule has 0 bridgehead atoms. The van der Waals surface area contributed by atoms with E-state index in [1.807, 2.05) is 59.6 Å². The highest BCUT2D eigenvalue weighted by Crippen LogP contribution is 2.53.